The number of carbonyl (C=O) groups excluding carboxylic acids is 1. The highest BCUT2D eigenvalue weighted by Gasteiger charge is 2.30. The van der Waals surface area contributed by atoms with E-state index in [9.17, 15) is 15.0 Å². The molecule has 0 aliphatic carbocycles. The quantitative estimate of drug-likeness (QED) is 0.533. The number of methoxy groups -OCH3 is 2. The number of aromatic hydroxyl groups is 2. The number of rotatable bonds is 7. The van der Waals surface area contributed by atoms with Gasteiger partial charge in [-0.25, -0.2) is 0 Å². The maximum Gasteiger partial charge on any atom is 0.133 e. The highest BCUT2D eigenvalue weighted by Crippen LogP contribution is 2.46. The third-order valence-corrected chi connectivity index (χ3v) is 5.89. The van der Waals surface area contributed by atoms with Crippen molar-refractivity contribution in [2.45, 2.75) is 78.1 Å². The van der Waals surface area contributed by atoms with Gasteiger partial charge in [0.25, 0.3) is 0 Å². The summed E-state index contributed by atoms with van der Waals surface area (Å²) in [6.45, 7) is 13.9. The average molecular weight is 443 g/mol. The highest BCUT2D eigenvalue weighted by molar-refractivity contribution is 5.80. The summed E-state index contributed by atoms with van der Waals surface area (Å²) in [6, 6.07) is 7.04. The van der Waals surface area contributed by atoms with Crippen LogP contribution in [-0.4, -0.2) is 30.2 Å². The molecule has 0 unspecified atom stereocenters. The van der Waals surface area contributed by atoms with Crippen LogP contribution in [0.5, 0.6) is 23.0 Å². The normalized spacial score (nSPS) is 12.2. The Morgan fingerprint density at radius 2 is 1.19 bits per heavy atom. The number of carbonyl (C=O) groups is 1. The van der Waals surface area contributed by atoms with Crippen LogP contribution < -0.4 is 9.47 Å². The molecule has 0 spiro atoms. The zero-order valence-electron chi connectivity index (χ0n) is 20.9. The van der Waals surface area contributed by atoms with Gasteiger partial charge in [0.1, 0.15) is 28.8 Å². The molecule has 0 radical (unpaired) electrons. The van der Waals surface area contributed by atoms with Crippen molar-refractivity contribution in [3.8, 4) is 23.0 Å². The van der Waals surface area contributed by atoms with Crippen LogP contribution in [0.1, 0.15) is 89.5 Å². The Hall–Kier alpha value is -2.69. The maximum absolute atomic E-state index is 12.6. The minimum atomic E-state index is -0.452. The van der Waals surface area contributed by atoms with Gasteiger partial charge in [0.2, 0.25) is 0 Å². The van der Waals surface area contributed by atoms with Gasteiger partial charge in [-0.3, -0.25) is 4.79 Å². The maximum atomic E-state index is 12.6. The van der Waals surface area contributed by atoms with Gasteiger partial charge in [-0.1, -0.05) is 48.5 Å². The lowest BCUT2D eigenvalue weighted by Gasteiger charge is -2.28. The Morgan fingerprint density at radius 3 is 1.47 bits per heavy atom. The topological polar surface area (TPSA) is 76.0 Å². The van der Waals surface area contributed by atoms with Crippen molar-refractivity contribution in [1.29, 1.82) is 0 Å². The summed E-state index contributed by atoms with van der Waals surface area (Å²) in [5.41, 5.74) is 2.32. The number of Topliss-reactive ketones (excluding diaryl/α,β-unsaturated/α-hetero) is 1. The fourth-order valence-electron chi connectivity index (χ4n) is 4.03. The lowest BCUT2D eigenvalue weighted by atomic mass is 9.79. The number of hydrogen-bond donors (Lipinski definition) is 2. The minimum absolute atomic E-state index is 0.0675. The minimum Gasteiger partial charge on any atom is -0.508 e. The van der Waals surface area contributed by atoms with Gasteiger partial charge in [0, 0.05) is 41.0 Å². The zero-order valence-corrected chi connectivity index (χ0v) is 20.9. The summed E-state index contributed by atoms with van der Waals surface area (Å²) >= 11 is 0. The van der Waals surface area contributed by atoms with Crippen LogP contribution in [0.2, 0.25) is 0 Å². The highest BCUT2D eigenvalue weighted by atomic mass is 16.5. The molecule has 0 saturated carbocycles. The Labute approximate surface area is 192 Å². The van der Waals surface area contributed by atoms with E-state index in [0.29, 0.717) is 29.0 Å². The van der Waals surface area contributed by atoms with Crippen LogP contribution in [0.3, 0.4) is 0 Å². The van der Waals surface area contributed by atoms with Crippen molar-refractivity contribution in [3.63, 3.8) is 0 Å². The molecule has 0 atom stereocenters. The summed E-state index contributed by atoms with van der Waals surface area (Å²) < 4.78 is 11.4. The Morgan fingerprint density at radius 1 is 0.812 bits per heavy atom. The van der Waals surface area contributed by atoms with Crippen molar-refractivity contribution < 1.29 is 24.5 Å². The van der Waals surface area contributed by atoms with E-state index in [-0.39, 0.29) is 34.5 Å². The molecule has 2 aromatic carbocycles. The van der Waals surface area contributed by atoms with Crippen LogP contribution >= 0.6 is 0 Å². The fraction of sp³-hybridized carbons (Fsp3) is 0.519. The van der Waals surface area contributed by atoms with Gasteiger partial charge in [-0.05, 0) is 35.1 Å². The first-order valence-electron chi connectivity index (χ1n) is 11.1. The second-order valence-electron chi connectivity index (χ2n) is 10.4. The number of hydrogen-bond acceptors (Lipinski definition) is 5. The van der Waals surface area contributed by atoms with Gasteiger partial charge in [-0.15, -0.1) is 0 Å². The third-order valence-electron chi connectivity index (χ3n) is 5.89. The number of benzene rings is 2. The van der Waals surface area contributed by atoms with E-state index < -0.39 is 5.92 Å². The second-order valence-corrected chi connectivity index (χ2v) is 10.4. The van der Waals surface area contributed by atoms with Crippen LogP contribution in [0, 0.1) is 0 Å². The standard InChI is InChI=1S/C27H38O5/c1-10-16(28)11-17(18-12-22(29)20(26(2,3)4)14-24(18)31-8)19-13-23(30)21(27(5,6)7)15-25(19)32-9/h12-15,17,29-30H,10-11H2,1-9H3. The number of phenolic OH excluding ortho intramolecular Hbond substituents is 2. The molecule has 0 amide bonds. The molecular formula is C27H38O5. The molecule has 0 bridgehead atoms. The summed E-state index contributed by atoms with van der Waals surface area (Å²) in [5, 5.41) is 21.7. The van der Waals surface area contributed by atoms with Crippen molar-refractivity contribution in [3.05, 3.63) is 46.5 Å². The lowest BCUT2D eigenvalue weighted by Crippen LogP contribution is -2.16. The van der Waals surface area contributed by atoms with Crippen molar-refractivity contribution in [2.75, 3.05) is 14.2 Å². The first-order chi connectivity index (χ1) is 14.7. The molecule has 176 valence electrons. The largest absolute Gasteiger partial charge is 0.508 e. The molecule has 0 aliphatic heterocycles. The van der Waals surface area contributed by atoms with E-state index in [2.05, 4.69) is 0 Å². The van der Waals surface area contributed by atoms with E-state index in [1.54, 1.807) is 26.4 Å². The molecule has 5 heteroatoms. The molecule has 0 aliphatic rings. The average Bonchev–Trinajstić information content (AvgIpc) is 2.69. The zero-order chi connectivity index (χ0) is 24.4. The number of ether oxygens (including phenoxy) is 2. The summed E-state index contributed by atoms with van der Waals surface area (Å²) in [6.07, 6.45) is 0.588. The van der Waals surface area contributed by atoms with Crippen LogP contribution in [-0.2, 0) is 15.6 Å². The summed E-state index contributed by atoms with van der Waals surface area (Å²) in [5.74, 6) is 1.09. The number of phenols is 2. The predicted octanol–water partition coefficient (Wildman–Crippen LogP) is 6.21. The Bertz CT molecular complexity index is 906. The van der Waals surface area contributed by atoms with Gasteiger partial charge < -0.3 is 19.7 Å². The van der Waals surface area contributed by atoms with Crippen molar-refractivity contribution in [1.82, 2.24) is 0 Å². The van der Waals surface area contributed by atoms with Gasteiger partial charge in [0.05, 0.1) is 14.2 Å². The van der Waals surface area contributed by atoms with Crippen molar-refractivity contribution >= 4 is 5.78 Å². The molecule has 0 aromatic heterocycles. The third kappa shape index (κ3) is 5.37. The van der Waals surface area contributed by atoms with Gasteiger partial charge in [-0.2, -0.15) is 0 Å². The molecule has 0 saturated heterocycles. The van der Waals surface area contributed by atoms with E-state index in [4.69, 9.17) is 9.47 Å². The van der Waals surface area contributed by atoms with Crippen molar-refractivity contribution in [2.24, 2.45) is 0 Å². The molecule has 32 heavy (non-hydrogen) atoms. The molecule has 2 rings (SSSR count). The predicted molar refractivity (Wildman–Crippen MR) is 128 cm³/mol. The molecule has 0 fully saturated rings. The molecule has 2 aromatic rings. The summed E-state index contributed by atoms with van der Waals surface area (Å²) in [4.78, 5) is 12.6. The number of ketones is 1. The first-order valence-corrected chi connectivity index (χ1v) is 11.1. The summed E-state index contributed by atoms with van der Waals surface area (Å²) in [7, 11) is 3.16. The van der Waals surface area contributed by atoms with E-state index in [1.807, 2.05) is 60.6 Å². The second kappa shape index (κ2) is 9.43. The smallest absolute Gasteiger partial charge is 0.133 e. The monoisotopic (exact) mass is 442 g/mol. The lowest BCUT2D eigenvalue weighted by molar-refractivity contribution is -0.119. The van der Waals surface area contributed by atoms with Gasteiger partial charge in [0.15, 0.2) is 0 Å². The van der Waals surface area contributed by atoms with Crippen LogP contribution in [0.4, 0.5) is 0 Å². The molecule has 2 N–H and O–H groups in total. The fourth-order valence-corrected chi connectivity index (χ4v) is 4.03. The SMILES string of the molecule is CCC(=O)CC(c1cc(O)c(C(C)(C)C)cc1OC)c1cc(O)c(C(C)(C)C)cc1OC. The first kappa shape index (κ1) is 25.6. The Balaban J connectivity index is 2.81. The molecule has 5 nitrogen and oxygen atoms in total. The van der Waals surface area contributed by atoms with Gasteiger partial charge >= 0.3 is 0 Å². The van der Waals surface area contributed by atoms with E-state index >= 15 is 0 Å². The van der Waals surface area contributed by atoms with E-state index in [1.165, 1.54) is 0 Å². The van der Waals surface area contributed by atoms with Crippen LogP contribution in [0.15, 0.2) is 24.3 Å². The Kier molecular flexibility index (Phi) is 7.54. The van der Waals surface area contributed by atoms with E-state index in [0.717, 1.165) is 11.1 Å². The van der Waals surface area contributed by atoms with Crippen LogP contribution in [0.25, 0.3) is 0 Å². The molecular weight excluding hydrogens is 404 g/mol. The molecule has 0 heterocycles.